The van der Waals surface area contributed by atoms with Gasteiger partial charge in [-0.3, -0.25) is 4.68 Å². The maximum absolute atomic E-state index is 5.86. The van der Waals surface area contributed by atoms with E-state index in [9.17, 15) is 0 Å². The van der Waals surface area contributed by atoms with E-state index in [0.29, 0.717) is 18.1 Å². The summed E-state index contributed by atoms with van der Waals surface area (Å²) in [7, 11) is 2.07. The van der Waals surface area contributed by atoms with Crippen molar-refractivity contribution in [2.75, 3.05) is 13.7 Å². The molecule has 0 bridgehead atoms. The van der Waals surface area contributed by atoms with E-state index in [1.807, 2.05) is 0 Å². The third kappa shape index (κ3) is 3.23. The fourth-order valence-corrected chi connectivity index (χ4v) is 3.36. The van der Waals surface area contributed by atoms with Crippen molar-refractivity contribution in [2.45, 2.75) is 65.1 Å². The van der Waals surface area contributed by atoms with Gasteiger partial charge < -0.3 is 10.1 Å². The number of aryl methyl sites for hydroxylation is 2. The first-order valence-electron chi connectivity index (χ1n) is 8.07. The van der Waals surface area contributed by atoms with Crippen molar-refractivity contribution < 1.29 is 4.74 Å². The van der Waals surface area contributed by atoms with Gasteiger partial charge in [-0.15, -0.1) is 0 Å². The lowest BCUT2D eigenvalue weighted by Crippen LogP contribution is -2.40. The lowest BCUT2D eigenvalue weighted by Gasteiger charge is -2.27. The van der Waals surface area contributed by atoms with Gasteiger partial charge in [-0.1, -0.05) is 13.8 Å². The quantitative estimate of drug-likeness (QED) is 0.833. The zero-order valence-corrected chi connectivity index (χ0v) is 13.4. The van der Waals surface area contributed by atoms with E-state index in [1.165, 1.54) is 17.8 Å². The minimum absolute atomic E-state index is 0.413. The molecule has 1 N–H and O–H groups in total. The fourth-order valence-electron chi connectivity index (χ4n) is 3.36. The van der Waals surface area contributed by atoms with Crippen LogP contribution in [-0.2, 0) is 24.1 Å². The second-order valence-corrected chi connectivity index (χ2v) is 5.67. The maximum atomic E-state index is 5.86. The minimum Gasteiger partial charge on any atom is -0.378 e. The number of ether oxygens (including phenoxy) is 1. The number of nitrogens with one attached hydrogen (secondary N) is 1. The zero-order chi connectivity index (χ0) is 14.5. The van der Waals surface area contributed by atoms with Crippen LogP contribution < -0.4 is 5.32 Å². The van der Waals surface area contributed by atoms with Crippen LogP contribution in [-0.4, -0.2) is 35.6 Å². The Kier molecular flexibility index (Phi) is 5.61. The highest BCUT2D eigenvalue weighted by Gasteiger charge is 2.33. The largest absolute Gasteiger partial charge is 0.378 e. The van der Waals surface area contributed by atoms with E-state index in [1.54, 1.807) is 0 Å². The summed E-state index contributed by atoms with van der Waals surface area (Å²) >= 11 is 0. The molecule has 1 aliphatic heterocycles. The van der Waals surface area contributed by atoms with Crippen LogP contribution in [0.5, 0.6) is 0 Å². The van der Waals surface area contributed by atoms with Gasteiger partial charge in [0, 0.05) is 37.2 Å². The Bertz CT molecular complexity index is 416. The van der Waals surface area contributed by atoms with Crippen LogP contribution in [0.2, 0.25) is 0 Å². The highest BCUT2D eigenvalue weighted by Crippen LogP contribution is 2.28. The molecule has 0 spiro atoms. The predicted octanol–water partition coefficient (Wildman–Crippen LogP) is 2.41. The normalized spacial score (nSPS) is 24.2. The van der Waals surface area contributed by atoms with Crippen molar-refractivity contribution >= 4 is 0 Å². The molecule has 3 atom stereocenters. The summed E-state index contributed by atoms with van der Waals surface area (Å²) in [5, 5.41) is 8.17. The summed E-state index contributed by atoms with van der Waals surface area (Å²) in [6, 6.07) is 2.75. The van der Waals surface area contributed by atoms with Gasteiger partial charge in [-0.25, -0.2) is 0 Å². The number of aromatic nitrogens is 2. The average molecular weight is 279 g/mol. The molecule has 1 aromatic rings. The molecule has 1 aliphatic rings. The Morgan fingerprint density at radius 1 is 1.45 bits per heavy atom. The Balaban J connectivity index is 2.11. The molecule has 1 saturated heterocycles. The van der Waals surface area contributed by atoms with Crippen molar-refractivity contribution in [3.63, 3.8) is 0 Å². The Morgan fingerprint density at radius 3 is 2.85 bits per heavy atom. The van der Waals surface area contributed by atoms with Crippen molar-refractivity contribution in [1.29, 1.82) is 0 Å². The molecule has 2 heterocycles. The van der Waals surface area contributed by atoms with Gasteiger partial charge in [-0.2, -0.15) is 5.10 Å². The van der Waals surface area contributed by atoms with Gasteiger partial charge in [0.25, 0.3) is 0 Å². The average Bonchev–Trinajstić information content (AvgIpc) is 3.10. The highest BCUT2D eigenvalue weighted by molar-refractivity contribution is 5.12. The summed E-state index contributed by atoms with van der Waals surface area (Å²) in [6.07, 6.45) is 4.74. The zero-order valence-electron chi connectivity index (χ0n) is 13.4. The molecule has 20 heavy (non-hydrogen) atoms. The summed E-state index contributed by atoms with van der Waals surface area (Å²) < 4.78 is 8.01. The predicted molar refractivity (Wildman–Crippen MR) is 82.0 cm³/mol. The minimum atomic E-state index is 0.413. The number of hydrogen-bond donors (Lipinski definition) is 1. The van der Waals surface area contributed by atoms with Crippen LogP contribution in [0.15, 0.2) is 6.07 Å². The number of likely N-dealkylation sites (N-methyl/N-ethyl adjacent to an activating group) is 1. The molecule has 1 aromatic heterocycles. The van der Waals surface area contributed by atoms with E-state index in [4.69, 9.17) is 4.74 Å². The van der Waals surface area contributed by atoms with Gasteiger partial charge >= 0.3 is 0 Å². The molecule has 4 nitrogen and oxygen atoms in total. The number of rotatable bonds is 7. The second kappa shape index (κ2) is 7.23. The second-order valence-electron chi connectivity index (χ2n) is 5.67. The molecule has 4 heteroatoms. The number of hydrogen-bond acceptors (Lipinski definition) is 3. The first kappa shape index (κ1) is 15.5. The maximum Gasteiger partial charge on any atom is 0.0624 e. The fraction of sp³-hybridized carbons (Fsp3) is 0.812. The lowest BCUT2D eigenvalue weighted by atomic mass is 9.88. The smallest absolute Gasteiger partial charge is 0.0624 e. The van der Waals surface area contributed by atoms with E-state index < -0.39 is 0 Å². The standard InChI is InChI=1S/C16H29N3O/c1-5-12-10-13(19(7-3)18-12)11-15(17-4)14-8-9-20-16(14)6-2/h10,14-17H,5-9,11H2,1-4H3. The van der Waals surface area contributed by atoms with Crippen LogP contribution in [0.25, 0.3) is 0 Å². The van der Waals surface area contributed by atoms with E-state index >= 15 is 0 Å². The van der Waals surface area contributed by atoms with Gasteiger partial charge in [0.05, 0.1) is 11.8 Å². The third-order valence-electron chi connectivity index (χ3n) is 4.56. The summed E-state index contributed by atoms with van der Waals surface area (Å²) in [5.41, 5.74) is 2.55. The SMILES string of the molecule is CCc1cc(CC(NC)C2CCOC2CC)n(CC)n1. The van der Waals surface area contributed by atoms with Gasteiger partial charge in [0.15, 0.2) is 0 Å². The molecule has 1 fully saturated rings. The van der Waals surface area contributed by atoms with Gasteiger partial charge in [-0.05, 0) is 39.3 Å². The molecule has 114 valence electrons. The molecular formula is C16H29N3O. The monoisotopic (exact) mass is 279 g/mol. The molecule has 0 aliphatic carbocycles. The van der Waals surface area contributed by atoms with Crippen molar-refractivity contribution in [3.05, 3.63) is 17.5 Å². The van der Waals surface area contributed by atoms with Crippen LogP contribution in [0.1, 0.15) is 45.0 Å². The third-order valence-corrected chi connectivity index (χ3v) is 4.56. The molecule has 0 aromatic carbocycles. The molecular weight excluding hydrogens is 250 g/mol. The molecule has 0 radical (unpaired) electrons. The van der Waals surface area contributed by atoms with Crippen molar-refractivity contribution in [3.8, 4) is 0 Å². The number of nitrogens with zero attached hydrogens (tertiary/aromatic N) is 2. The van der Waals surface area contributed by atoms with Crippen molar-refractivity contribution in [1.82, 2.24) is 15.1 Å². The van der Waals surface area contributed by atoms with Crippen LogP contribution in [0.3, 0.4) is 0 Å². The molecule has 2 rings (SSSR count). The topological polar surface area (TPSA) is 39.1 Å². The van der Waals surface area contributed by atoms with Crippen LogP contribution in [0, 0.1) is 5.92 Å². The van der Waals surface area contributed by atoms with E-state index in [-0.39, 0.29) is 0 Å². The summed E-state index contributed by atoms with van der Waals surface area (Å²) in [5.74, 6) is 0.621. The van der Waals surface area contributed by atoms with Gasteiger partial charge in [0.1, 0.15) is 0 Å². The summed E-state index contributed by atoms with van der Waals surface area (Å²) in [4.78, 5) is 0. The highest BCUT2D eigenvalue weighted by atomic mass is 16.5. The summed E-state index contributed by atoms with van der Waals surface area (Å²) in [6.45, 7) is 8.41. The van der Waals surface area contributed by atoms with Crippen LogP contribution >= 0.6 is 0 Å². The van der Waals surface area contributed by atoms with Gasteiger partial charge in [0.2, 0.25) is 0 Å². The molecule has 3 unspecified atom stereocenters. The van der Waals surface area contributed by atoms with Crippen LogP contribution in [0.4, 0.5) is 0 Å². The Labute approximate surface area is 122 Å². The first-order chi connectivity index (χ1) is 9.73. The molecule has 0 saturated carbocycles. The van der Waals surface area contributed by atoms with E-state index in [2.05, 4.69) is 49.0 Å². The van der Waals surface area contributed by atoms with Crippen molar-refractivity contribution in [2.24, 2.45) is 5.92 Å². The van der Waals surface area contributed by atoms with E-state index in [0.717, 1.165) is 32.4 Å². The Morgan fingerprint density at radius 2 is 2.25 bits per heavy atom. The first-order valence-corrected chi connectivity index (χ1v) is 8.07. The Hall–Kier alpha value is -0.870. The molecule has 0 amide bonds. The lowest BCUT2D eigenvalue weighted by molar-refractivity contribution is 0.0781.